The molecule has 0 fully saturated rings. The molecule has 1 aromatic carbocycles. The number of aromatic nitrogens is 1. The van der Waals surface area contributed by atoms with Gasteiger partial charge < -0.3 is 4.90 Å². The third kappa shape index (κ3) is 3.60. The highest BCUT2D eigenvalue weighted by Gasteiger charge is 2.41. The maximum atomic E-state index is 12.5. The molecule has 1 heterocycles. The summed E-state index contributed by atoms with van der Waals surface area (Å²) in [6.45, 7) is 1.92. The number of ketones is 1. The van der Waals surface area contributed by atoms with E-state index in [1.807, 2.05) is 30.3 Å². The van der Waals surface area contributed by atoms with Gasteiger partial charge in [-0.2, -0.15) is 13.2 Å². The van der Waals surface area contributed by atoms with Crippen molar-refractivity contribution in [2.24, 2.45) is 0 Å². The summed E-state index contributed by atoms with van der Waals surface area (Å²) >= 11 is 0.767. The Morgan fingerprint density at radius 2 is 1.90 bits per heavy atom. The smallest absolute Gasteiger partial charge is 0.347 e. The Kier molecular flexibility index (Phi) is 4.32. The van der Waals surface area contributed by atoms with Crippen molar-refractivity contribution in [3.63, 3.8) is 0 Å². The SMILES string of the molecule is Cc1nc(N(C)Cc2ccccc2)sc1C(=O)C(F)(F)F. The summed E-state index contributed by atoms with van der Waals surface area (Å²) in [4.78, 5) is 16.7. The molecule has 2 aromatic rings. The number of halogens is 3. The van der Waals surface area contributed by atoms with Gasteiger partial charge >= 0.3 is 6.18 Å². The molecule has 7 heteroatoms. The molecule has 0 saturated carbocycles. The van der Waals surface area contributed by atoms with Crippen molar-refractivity contribution < 1.29 is 18.0 Å². The molecule has 0 radical (unpaired) electrons. The van der Waals surface area contributed by atoms with Crippen LogP contribution in [0.1, 0.15) is 20.9 Å². The first-order chi connectivity index (χ1) is 9.79. The molecular formula is C14H13F3N2OS. The Hall–Kier alpha value is -1.89. The van der Waals surface area contributed by atoms with E-state index >= 15 is 0 Å². The minimum atomic E-state index is -4.87. The number of nitrogens with zero attached hydrogens (tertiary/aromatic N) is 2. The summed E-state index contributed by atoms with van der Waals surface area (Å²) in [7, 11) is 1.73. The fourth-order valence-corrected chi connectivity index (χ4v) is 2.80. The van der Waals surface area contributed by atoms with E-state index in [1.165, 1.54) is 6.92 Å². The highest BCUT2D eigenvalue weighted by atomic mass is 32.1. The van der Waals surface area contributed by atoms with Crippen molar-refractivity contribution in [2.45, 2.75) is 19.6 Å². The largest absolute Gasteiger partial charge is 0.455 e. The molecule has 21 heavy (non-hydrogen) atoms. The molecule has 2 rings (SSSR count). The van der Waals surface area contributed by atoms with E-state index in [-0.39, 0.29) is 10.6 Å². The summed E-state index contributed by atoms with van der Waals surface area (Å²) < 4.78 is 37.5. The second-order valence-electron chi connectivity index (χ2n) is 4.58. The van der Waals surface area contributed by atoms with Crippen LogP contribution in [0.2, 0.25) is 0 Å². The molecule has 1 aromatic heterocycles. The predicted molar refractivity (Wildman–Crippen MR) is 75.8 cm³/mol. The molecule has 3 nitrogen and oxygen atoms in total. The molecule has 0 amide bonds. The molecule has 0 N–H and O–H groups in total. The molecule has 0 bridgehead atoms. The highest BCUT2D eigenvalue weighted by Crippen LogP contribution is 2.31. The number of rotatable bonds is 4. The number of carbonyl (C=O) groups is 1. The van der Waals surface area contributed by atoms with Crippen LogP contribution < -0.4 is 4.90 Å². The van der Waals surface area contributed by atoms with E-state index < -0.39 is 12.0 Å². The quantitative estimate of drug-likeness (QED) is 0.804. The summed E-state index contributed by atoms with van der Waals surface area (Å²) in [6.07, 6.45) is -4.87. The van der Waals surface area contributed by atoms with Gasteiger partial charge in [0.15, 0.2) is 5.13 Å². The van der Waals surface area contributed by atoms with Crippen LogP contribution in [0.25, 0.3) is 0 Å². The minimum absolute atomic E-state index is 0.109. The maximum Gasteiger partial charge on any atom is 0.455 e. The lowest BCUT2D eigenvalue weighted by molar-refractivity contribution is -0.0883. The monoisotopic (exact) mass is 314 g/mol. The second-order valence-corrected chi connectivity index (χ2v) is 5.56. The van der Waals surface area contributed by atoms with Crippen molar-refractivity contribution in [1.29, 1.82) is 0 Å². The van der Waals surface area contributed by atoms with Gasteiger partial charge in [0.25, 0.3) is 5.78 Å². The number of hydrogen-bond acceptors (Lipinski definition) is 4. The van der Waals surface area contributed by atoms with E-state index in [9.17, 15) is 18.0 Å². The molecule has 0 atom stereocenters. The van der Waals surface area contributed by atoms with E-state index in [1.54, 1.807) is 11.9 Å². The average molecular weight is 314 g/mol. The number of benzene rings is 1. The summed E-state index contributed by atoms with van der Waals surface area (Å²) in [5.74, 6) is -1.84. The molecule has 0 aliphatic rings. The maximum absolute atomic E-state index is 12.5. The second kappa shape index (κ2) is 5.85. The summed E-state index contributed by atoms with van der Waals surface area (Å²) in [5, 5.41) is 0.393. The average Bonchev–Trinajstić information content (AvgIpc) is 2.80. The Bertz CT molecular complexity index is 637. The van der Waals surface area contributed by atoms with Crippen LogP contribution in [-0.4, -0.2) is 24.0 Å². The number of carbonyl (C=O) groups excluding carboxylic acids is 1. The number of hydrogen-bond donors (Lipinski definition) is 0. The molecule has 0 unspecified atom stereocenters. The lowest BCUT2D eigenvalue weighted by Crippen LogP contribution is -2.22. The van der Waals surface area contributed by atoms with Crippen molar-refractivity contribution in [3.05, 3.63) is 46.5 Å². The summed E-state index contributed by atoms with van der Waals surface area (Å²) in [5.41, 5.74) is 1.12. The van der Waals surface area contributed by atoms with Crippen LogP contribution in [0.3, 0.4) is 0 Å². The molecular weight excluding hydrogens is 301 g/mol. The normalized spacial score (nSPS) is 11.5. The third-order valence-corrected chi connectivity index (χ3v) is 4.11. The van der Waals surface area contributed by atoms with Crippen LogP contribution in [0.15, 0.2) is 30.3 Å². The van der Waals surface area contributed by atoms with Gasteiger partial charge in [-0.25, -0.2) is 4.98 Å². The lowest BCUT2D eigenvalue weighted by atomic mass is 10.2. The van der Waals surface area contributed by atoms with Gasteiger partial charge in [0.1, 0.15) is 4.88 Å². The van der Waals surface area contributed by atoms with Gasteiger partial charge in [0, 0.05) is 13.6 Å². The van der Waals surface area contributed by atoms with E-state index in [0.29, 0.717) is 11.7 Å². The Morgan fingerprint density at radius 3 is 2.48 bits per heavy atom. The fraction of sp³-hybridized carbons (Fsp3) is 0.286. The number of anilines is 1. The van der Waals surface area contributed by atoms with Gasteiger partial charge in [0.05, 0.1) is 5.69 Å². The Balaban J connectivity index is 2.20. The number of alkyl halides is 3. The lowest BCUT2D eigenvalue weighted by Gasteiger charge is -2.15. The zero-order chi connectivity index (χ0) is 15.6. The Morgan fingerprint density at radius 1 is 1.29 bits per heavy atom. The first kappa shape index (κ1) is 15.5. The third-order valence-electron chi connectivity index (χ3n) is 2.84. The van der Waals surface area contributed by atoms with Crippen LogP contribution >= 0.6 is 11.3 Å². The molecule has 0 saturated heterocycles. The van der Waals surface area contributed by atoms with Crippen molar-refractivity contribution in [3.8, 4) is 0 Å². The van der Waals surface area contributed by atoms with Gasteiger partial charge in [-0.15, -0.1) is 0 Å². The van der Waals surface area contributed by atoms with Crippen LogP contribution in [0.5, 0.6) is 0 Å². The summed E-state index contributed by atoms with van der Waals surface area (Å²) in [6, 6.07) is 9.48. The van der Waals surface area contributed by atoms with Gasteiger partial charge in [-0.3, -0.25) is 4.79 Å². The van der Waals surface area contributed by atoms with Gasteiger partial charge in [-0.05, 0) is 12.5 Å². The number of thiazole rings is 1. The van der Waals surface area contributed by atoms with Crippen LogP contribution in [0.4, 0.5) is 18.3 Å². The van der Waals surface area contributed by atoms with Crippen LogP contribution in [-0.2, 0) is 6.54 Å². The highest BCUT2D eigenvalue weighted by molar-refractivity contribution is 7.17. The van der Waals surface area contributed by atoms with Crippen molar-refractivity contribution >= 4 is 22.3 Å². The van der Waals surface area contributed by atoms with Crippen molar-refractivity contribution in [1.82, 2.24) is 4.98 Å². The first-order valence-corrected chi connectivity index (χ1v) is 6.94. The zero-order valence-electron chi connectivity index (χ0n) is 11.4. The van der Waals surface area contributed by atoms with E-state index in [2.05, 4.69) is 4.98 Å². The topological polar surface area (TPSA) is 33.2 Å². The molecule has 0 aliphatic carbocycles. The van der Waals surface area contributed by atoms with Crippen LogP contribution in [0, 0.1) is 6.92 Å². The van der Waals surface area contributed by atoms with E-state index in [0.717, 1.165) is 16.9 Å². The standard InChI is InChI=1S/C14H13F3N2OS/c1-9-11(12(20)14(15,16)17)21-13(18-9)19(2)8-10-6-4-3-5-7-10/h3-7H,8H2,1-2H3. The molecule has 0 spiro atoms. The first-order valence-electron chi connectivity index (χ1n) is 6.13. The fourth-order valence-electron chi connectivity index (χ4n) is 1.81. The molecule has 0 aliphatic heterocycles. The number of aryl methyl sites for hydroxylation is 1. The Labute approximate surface area is 124 Å². The van der Waals surface area contributed by atoms with Crippen molar-refractivity contribution in [2.75, 3.05) is 11.9 Å². The predicted octanol–water partition coefficient (Wildman–Crippen LogP) is 3.83. The minimum Gasteiger partial charge on any atom is -0.347 e. The van der Waals surface area contributed by atoms with E-state index in [4.69, 9.17) is 0 Å². The number of Topliss-reactive ketones (excluding diaryl/α,β-unsaturated/α-hetero) is 1. The zero-order valence-corrected chi connectivity index (χ0v) is 12.3. The van der Waals surface area contributed by atoms with Gasteiger partial charge in [-0.1, -0.05) is 41.7 Å². The molecule has 112 valence electrons. The van der Waals surface area contributed by atoms with Gasteiger partial charge in [0.2, 0.25) is 0 Å².